The first-order valence-electron chi connectivity index (χ1n) is 8.75. The van der Waals surface area contributed by atoms with Crippen LogP contribution in [0.4, 0.5) is 0 Å². The zero-order chi connectivity index (χ0) is 20.0. The van der Waals surface area contributed by atoms with Crippen molar-refractivity contribution in [3.63, 3.8) is 0 Å². The van der Waals surface area contributed by atoms with Gasteiger partial charge in [-0.2, -0.15) is 0 Å². The van der Waals surface area contributed by atoms with Crippen molar-refractivity contribution in [3.05, 3.63) is 51.7 Å². The molecule has 4 rings (SSSR count). The number of hydrogen-bond donors (Lipinski definition) is 2. The number of rotatable bonds is 5. The molecule has 9 heteroatoms. The molecule has 0 aliphatic rings. The minimum Gasteiger partial charge on any atom is -0.383 e. The van der Waals surface area contributed by atoms with E-state index in [1.807, 2.05) is 48.7 Å². The van der Waals surface area contributed by atoms with Crippen LogP contribution in [-0.4, -0.2) is 48.5 Å². The van der Waals surface area contributed by atoms with Gasteiger partial charge in [0.2, 0.25) is 0 Å². The lowest BCUT2D eigenvalue weighted by molar-refractivity contribution is -0.145. The number of para-hydroxylation sites is 1. The van der Waals surface area contributed by atoms with Crippen LogP contribution in [0, 0.1) is 13.8 Å². The summed E-state index contributed by atoms with van der Waals surface area (Å²) in [5, 5.41) is 21.3. The fraction of sp³-hybridized carbons (Fsp3) is 0.316. The van der Waals surface area contributed by atoms with E-state index in [0.29, 0.717) is 5.01 Å². The molecule has 28 heavy (non-hydrogen) atoms. The summed E-state index contributed by atoms with van der Waals surface area (Å²) < 4.78 is 2.87. The Labute approximate surface area is 169 Å². The molecule has 0 aliphatic heterocycles. The van der Waals surface area contributed by atoms with Gasteiger partial charge in [-0.1, -0.05) is 12.1 Å². The number of aryl methyl sites for hydroxylation is 2. The van der Waals surface area contributed by atoms with E-state index in [2.05, 4.69) is 9.97 Å². The van der Waals surface area contributed by atoms with Crippen molar-refractivity contribution in [3.8, 4) is 0 Å². The van der Waals surface area contributed by atoms with Crippen molar-refractivity contribution in [2.24, 2.45) is 0 Å². The lowest BCUT2D eigenvalue weighted by atomic mass is 10.2. The smallest absolute Gasteiger partial charge is 0.254 e. The molecular formula is C19H20N4O3S2. The number of carbonyl (C=O) groups excluding carboxylic acids is 1. The average molecular weight is 417 g/mol. The molecule has 0 fully saturated rings. The number of nitrogens with zero attached hydrogens (tertiary/aromatic N) is 4. The maximum Gasteiger partial charge on any atom is 0.254 e. The van der Waals surface area contributed by atoms with Crippen LogP contribution in [0.25, 0.3) is 15.2 Å². The molecule has 0 radical (unpaired) electrons. The Hall–Kier alpha value is -2.33. The molecular weight excluding hydrogens is 396 g/mol. The Bertz CT molecular complexity index is 1130. The van der Waals surface area contributed by atoms with E-state index in [9.17, 15) is 15.0 Å². The molecule has 0 saturated carbocycles. The Kier molecular flexibility index (Phi) is 4.92. The fourth-order valence-electron chi connectivity index (χ4n) is 3.11. The molecule has 1 aromatic carbocycles. The lowest BCUT2D eigenvalue weighted by Crippen LogP contribution is -2.39. The lowest BCUT2D eigenvalue weighted by Gasteiger charge is -2.22. The number of hydrogen-bond acceptors (Lipinski definition) is 7. The summed E-state index contributed by atoms with van der Waals surface area (Å²) >= 11 is 2.86. The van der Waals surface area contributed by atoms with Gasteiger partial charge >= 0.3 is 0 Å². The Morgan fingerprint density at radius 2 is 1.96 bits per heavy atom. The van der Waals surface area contributed by atoms with Crippen molar-refractivity contribution < 1.29 is 15.0 Å². The number of aromatic nitrogens is 3. The van der Waals surface area contributed by atoms with Gasteiger partial charge in [0.25, 0.3) is 5.91 Å². The zero-order valence-corrected chi connectivity index (χ0v) is 17.3. The second-order valence-electron chi connectivity index (χ2n) is 6.74. The molecule has 0 aliphatic carbocycles. The SMILES string of the molecule is Cc1cn2c(CN(C)C(=O)C(O)C(O)c3nc4ccccc4s3)c(C)nc2s1. The van der Waals surface area contributed by atoms with Gasteiger partial charge in [-0.15, -0.1) is 22.7 Å². The summed E-state index contributed by atoms with van der Waals surface area (Å²) in [4.78, 5) is 25.0. The number of likely N-dealkylation sites (N-methyl/N-ethyl adjacent to an activating group) is 1. The molecule has 3 heterocycles. The minimum atomic E-state index is -1.58. The number of benzene rings is 1. The maximum atomic E-state index is 12.7. The van der Waals surface area contributed by atoms with Crippen molar-refractivity contribution in [2.75, 3.05) is 7.05 Å². The number of aliphatic hydroxyl groups excluding tert-OH is 2. The summed E-state index contributed by atoms with van der Waals surface area (Å²) in [6.45, 7) is 4.19. The summed E-state index contributed by atoms with van der Waals surface area (Å²) in [7, 11) is 1.61. The standard InChI is InChI=1S/C19H20N4O3S2/c1-10-8-23-13(11(2)20-19(23)27-10)9-22(3)18(26)16(25)15(24)17-21-12-6-4-5-7-14(12)28-17/h4-8,15-16,24-25H,9H2,1-3H3. The monoisotopic (exact) mass is 416 g/mol. The van der Waals surface area contributed by atoms with Crippen molar-refractivity contribution in [1.29, 1.82) is 0 Å². The first kappa shape index (κ1) is 19.0. The highest BCUT2D eigenvalue weighted by molar-refractivity contribution is 7.18. The van der Waals surface area contributed by atoms with Gasteiger partial charge < -0.3 is 15.1 Å². The van der Waals surface area contributed by atoms with E-state index in [1.165, 1.54) is 16.2 Å². The molecule has 1 amide bonds. The first-order valence-corrected chi connectivity index (χ1v) is 10.4. The Balaban J connectivity index is 1.52. The largest absolute Gasteiger partial charge is 0.383 e. The highest BCUT2D eigenvalue weighted by atomic mass is 32.1. The van der Waals surface area contributed by atoms with E-state index >= 15 is 0 Å². The molecule has 4 aromatic rings. The van der Waals surface area contributed by atoms with Crippen LogP contribution < -0.4 is 0 Å². The van der Waals surface area contributed by atoms with E-state index < -0.39 is 18.1 Å². The van der Waals surface area contributed by atoms with Gasteiger partial charge in [-0.25, -0.2) is 9.97 Å². The van der Waals surface area contributed by atoms with Crippen molar-refractivity contribution in [2.45, 2.75) is 32.6 Å². The third kappa shape index (κ3) is 3.30. The predicted molar refractivity (Wildman–Crippen MR) is 110 cm³/mol. The van der Waals surface area contributed by atoms with Crippen molar-refractivity contribution >= 4 is 43.8 Å². The summed E-state index contributed by atoms with van der Waals surface area (Å²) in [6, 6.07) is 7.46. The molecule has 2 unspecified atom stereocenters. The Morgan fingerprint density at radius 3 is 2.71 bits per heavy atom. The molecule has 0 bridgehead atoms. The highest BCUT2D eigenvalue weighted by Gasteiger charge is 2.31. The minimum absolute atomic E-state index is 0.283. The highest BCUT2D eigenvalue weighted by Crippen LogP contribution is 2.29. The van der Waals surface area contributed by atoms with E-state index in [1.54, 1.807) is 18.4 Å². The van der Waals surface area contributed by atoms with E-state index in [0.717, 1.165) is 31.4 Å². The third-order valence-corrected chi connectivity index (χ3v) is 6.62. The Morgan fingerprint density at radius 1 is 1.21 bits per heavy atom. The number of amides is 1. The van der Waals surface area contributed by atoms with Gasteiger partial charge in [-0.05, 0) is 26.0 Å². The van der Waals surface area contributed by atoms with Gasteiger partial charge in [0.05, 0.1) is 28.1 Å². The predicted octanol–water partition coefficient (Wildman–Crippen LogP) is 2.68. The second-order valence-corrected chi connectivity index (χ2v) is 9.02. The second kappa shape index (κ2) is 7.25. The molecule has 0 saturated heterocycles. The van der Waals surface area contributed by atoms with Gasteiger partial charge in [0.15, 0.2) is 11.1 Å². The number of thiazole rings is 2. The summed E-state index contributed by atoms with van der Waals surface area (Å²) in [5.41, 5.74) is 2.46. The van der Waals surface area contributed by atoms with Crippen LogP contribution in [0.2, 0.25) is 0 Å². The molecule has 2 atom stereocenters. The van der Waals surface area contributed by atoms with Crippen LogP contribution >= 0.6 is 22.7 Å². The van der Waals surface area contributed by atoms with Gasteiger partial charge in [-0.3, -0.25) is 9.20 Å². The number of carbonyl (C=O) groups is 1. The number of fused-ring (bicyclic) bond motifs is 2. The zero-order valence-electron chi connectivity index (χ0n) is 15.7. The molecule has 2 N–H and O–H groups in total. The fourth-order valence-corrected chi connectivity index (χ4v) is 4.99. The number of imidazole rings is 1. The summed E-state index contributed by atoms with van der Waals surface area (Å²) in [6.07, 6.45) is -0.971. The van der Waals surface area contributed by atoms with E-state index in [4.69, 9.17) is 0 Å². The topological polar surface area (TPSA) is 91.0 Å². The molecule has 7 nitrogen and oxygen atoms in total. The van der Waals surface area contributed by atoms with Crippen LogP contribution in [0.15, 0.2) is 30.5 Å². The molecule has 0 spiro atoms. The van der Waals surface area contributed by atoms with Gasteiger partial charge in [0, 0.05) is 18.1 Å². The van der Waals surface area contributed by atoms with Crippen molar-refractivity contribution in [1.82, 2.24) is 19.3 Å². The molecule has 3 aromatic heterocycles. The number of aliphatic hydroxyl groups is 2. The normalized spacial score (nSPS) is 13.9. The van der Waals surface area contributed by atoms with Crippen LogP contribution in [0.5, 0.6) is 0 Å². The van der Waals surface area contributed by atoms with Crippen LogP contribution in [0.3, 0.4) is 0 Å². The van der Waals surface area contributed by atoms with Crippen LogP contribution in [-0.2, 0) is 11.3 Å². The van der Waals surface area contributed by atoms with Gasteiger partial charge in [0.1, 0.15) is 11.1 Å². The quantitative estimate of drug-likeness (QED) is 0.522. The average Bonchev–Trinajstić information content (AvgIpc) is 3.33. The first-order chi connectivity index (χ1) is 13.3. The molecule has 146 valence electrons. The van der Waals surface area contributed by atoms with E-state index in [-0.39, 0.29) is 6.54 Å². The van der Waals surface area contributed by atoms with Crippen LogP contribution in [0.1, 0.15) is 27.4 Å². The maximum absolute atomic E-state index is 12.7. The third-order valence-electron chi connectivity index (χ3n) is 4.62. The summed E-state index contributed by atoms with van der Waals surface area (Å²) in [5.74, 6) is -0.562.